The number of carbonyl (C=O) groups excluding carboxylic acids is 1. The van der Waals surface area contributed by atoms with E-state index in [1.54, 1.807) is 5.38 Å². The molecule has 1 heterocycles. The third kappa shape index (κ3) is 1.23. The van der Waals surface area contributed by atoms with Crippen molar-refractivity contribution in [2.75, 3.05) is 0 Å². The molecule has 0 bridgehead atoms. The van der Waals surface area contributed by atoms with E-state index in [1.807, 2.05) is 0 Å². The van der Waals surface area contributed by atoms with Crippen molar-refractivity contribution in [3.05, 3.63) is 34.5 Å². The quantitative estimate of drug-likeness (QED) is 0.772. The van der Waals surface area contributed by atoms with Crippen LogP contribution in [0.3, 0.4) is 0 Å². The van der Waals surface area contributed by atoms with Gasteiger partial charge < -0.3 is 5.11 Å². The first-order valence-corrected chi connectivity index (χ1v) is 4.90. The Bertz CT molecular complexity index is 490. The molecular formula is C10H7FO2S. The molecule has 2 rings (SSSR count). The number of aliphatic hydroxyl groups is 1. The molecule has 14 heavy (non-hydrogen) atoms. The monoisotopic (exact) mass is 210 g/mol. The van der Waals surface area contributed by atoms with Crippen molar-refractivity contribution in [2.45, 2.75) is 6.61 Å². The number of aldehydes is 1. The van der Waals surface area contributed by atoms with Crippen LogP contribution in [0.25, 0.3) is 10.1 Å². The molecule has 0 amide bonds. The van der Waals surface area contributed by atoms with Crippen molar-refractivity contribution in [2.24, 2.45) is 0 Å². The largest absolute Gasteiger partial charge is 0.392 e. The van der Waals surface area contributed by atoms with Gasteiger partial charge in [0, 0.05) is 15.6 Å². The topological polar surface area (TPSA) is 37.3 Å². The second-order valence-electron chi connectivity index (χ2n) is 2.88. The Hall–Kier alpha value is -1.26. The number of fused-ring (bicyclic) bond motifs is 1. The Morgan fingerprint density at radius 1 is 1.50 bits per heavy atom. The van der Waals surface area contributed by atoms with E-state index in [-0.39, 0.29) is 6.61 Å². The lowest BCUT2D eigenvalue weighted by Gasteiger charge is -1.98. The second-order valence-corrected chi connectivity index (χ2v) is 3.76. The highest BCUT2D eigenvalue weighted by atomic mass is 32.1. The molecule has 0 atom stereocenters. The van der Waals surface area contributed by atoms with Crippen LogP contribution in [0.2, 0.25) is 0 Å². The van der Waals surface area contributed by atoms with Gasteiger partial charge in [0.1, 0.15) is 5.82 Å². The van der Waals surface area contributed by atoms with E-state index >= 15 is 0 Å². The van der Waals surface area contributed by atoms with Crippen LogP contribution in [-0.2, 0) is 6.61 Å². The first kappa shape index (κ1) is 9.30. The summed E-state index contributed by atoms with van der Waals surface area (Å²) in [7, 11) is 0. The van der Waals surface area contributed by atoms with Gasteiger partial charge in [0.15, 0.2) is 6.29 Å². The van der Waals surface area contributed by atoms with Gasteiger partial charge in [-0.2, -0.15) is 0 Å². The van der Waals surface area contributed by atoms with Crippen molar-refractivity contribution in [1.29, 1.82) is 0 Å². The van der Waals surface area contributed by atoms with Crippen LogP contribution in [-0.4, -0.2) is 11.4 Å². The van der Waals surface area contributed by atoms with Gasteiger partial charge in [0.25, 0.3) is 0 Å². The number of hydrogen-bond donors (Lipinski definition) is 1. The molecule has 1 aromatic carbocycles. The van der Waals surface area contributed by atoms with Gasteiger partial charge in [-0.1, -0.05) is 0 Å². The number of aliphatic hydroxyl groups excluding tert-OH is 1. The molecular weight excluding hydrogens is 203 g/mol. The highest BCUT2D eigenvalue weighted by molar-refractivity contribution is 7.17. The van der Waals surface area contributed by atoms with Crippen LogP contribution in [0.1, 0.15) is 15.9 Å². The van der Waals surface area contributed by atoms with Gasteiger partial charge in [0.2, 0.25) is 0 Å². The molecule has 0 aliphatic heterocycles. The molecule has 72 valence electrons. The Morgan fingerprint density at radius 2 is 2.29 bits per heavy atom. The predicted molar refractivity (Wildman–Crippen MR) is 53.1 cm³/mol. The van der Waals surface area contributed by atoms with Crippen LogP contribution in [0.4, 0.5) is 4.39 Å². The summed E-state index contributed by atoms with van der Waals surface area (Å²) in [6.45, 7) is -0.209. The van der Waals surface area contributed by atoms with E-state index in [1.165, 1.54) is 23.5 Å². The van der Waals surface area contributed by atoms with E-state index in [2.05, 4.69) is 0 Å². The summed E-state index contributed by atoms with van der Waals surface area (Å²) in [6.07, 6.45) is 0.694. The van der Waals surface area contributed by atoms with Gasteiger partial charge in [-0.25, -0.2) is 4.39 Å². The lowest BCUT2D eigenvalue weighted by Crippen LogP contribution is -1.86. The lowest BCUT2D eigenvalue weighted by molar-refractivity contribution is 0.112. The standard InChI is InChI=1S/C10H7FO2S/c11-8-2-1-6(3-12)10-9(8)7(4-13)5-14-10/h1-3,5,13H,4H2. The molecule has 4 heteroatoms. The van der Waals surface area contributed by atoms with Crippen molar-refractivity contribution in [3.8, 4) is 0 Å². The fourth-order valence-corrected chi connectivity index (χ4v) is 2.45. The first-order chi connectivity index (χ1) is 6.77. The summed E-state index contributed by atoms with van der Waals surface area (Å²) in [4.78, 5) is 10.7. The summed E-state index contributed by atoms with van der Waals surface area (Å²) in [6, 6.07) is 2.69. The molecule has 1 aromatic heterocycles. The predicted octanol–water partition coefficient (Wildman–Crippen LogP) is 2.35. The SMILES string of the molecule is O=Cc1ccc(F)c2c(CO)csc12. The Balaban J connectivity index is 2.86. The molecule has 1 N–H and O–H groups in total. The summed E-state index contributed by atoms with van der Waals surface area (Å²) in [5.74, 6) is -0.393. The normalized spacial score (nSPS) is 10.7. The molecule has 0 saturated heterocycles. The van der Waals surface area contributed by atoms with E-state index in [4.69, 9.17) is 5.11 Å². The van der Waals surface area contributed by atoms with E-state index in [0.717, 1.165) is 0 Å². The van der Waals surface area contributed by atoms with Gasteiger partial charge in [-0.3, -0.25) is 4.79 Å². The van der Waals surface area contributed by atoms with Crippen LogP contribution in [0.15, 0.2) is 17.5 Å². The van der Waals surface area contributed by atoms with Crippen LogP contribution in [0, 0.1) is 5.82 Å². The minimum absolute atomic E-state index is 0.209. The zero-order valence-electron chi connectivity index (χ0n) is 7.16. The van der Waals surface area contributed by atoms with Crippen molar-refractivity contribution < 1.29 is 14.3 Å². The Kier molecular flexibility index (Phi) is 2.31. The van der Waals surface area contributed by atoms with Gasteiger partial charge in [-0.05, 0) is 23.1 Å². The average Bonchev–Trinajstić information content (AvgIpc) is 2.63. The Morgan fingerprint density at radius 3 is 2.93 bits per heavy atom. The molecule has 2 nitrogen and oxygen atoms in total. The zero-order chi connectivity index (χ0) is 10.1. The maximum atomic E-state index is 13.4. The fraction of sp³-hybridized carbons (Fsp3) is 0.100. The van der Waals surface area contributed by atoms with E-state index < -0.39 is 5.82 Å². The second kappa shape index (κ2) is 3.48. The number of halogens is 1. The van der Waals surface area contributed by atoms with Crippen molar-refractivity contribution in [1.82, 2.24) is 0 Å². The summed E-state index contributed by atoms with van der Waals surface area (Å²) >= 11 is 1.27. The number of rotatable bonds is 2. The van der Waals surface area contributed by atoms with Gasteiger partial charge in [-0.15, -0.1) is 11.3 Å². The molecule has 0 saturated carbocycles. The smallest absolute Gasteiger partial charge is 0.151 e. The zero-order valence-corrected chi connectivity index (χ0v) is 7.97. The van der Waals surface area contributed by atoms with Crippen molar-refractivity contribution in [3.63, 3.8) is 0 Å². The number of carbonyl (C=O) groups is 1. The fourth-order valence-electron chi connectivity index (χ4n) is 1.40. The van der Waals surface area contributed by atoms with E-state index in [0.29, 0.717) is 27.5 Å². The molecule has 0 spiro atoms. The van der Waals surface area contributed by atoms with Gasteiger partial charge >= 0.3 is 0 Å². The molecule has 2 aromatic rings. The highest BCUT2D eigenvalue weighted by Gasteiger charge is 2.11. The average molecular weight is 210 g/mol. The van der Waals surface area contributed by atoms with Gasteiger partial charge in [0.05, 0.1) is 6.61 Å². The van der Waals surface area contributed by atoms with Crippen LogP contribution < -0.4 is 0 Å². The molecule has 0 radical (unpaired) electrons. The molecule has 0 fully saturated rings. The molecule has 0 unspecified atom stereocenters. The third-order valence-corrected chi connectivity index (χ3v) is 3.15. The maximum Gasteiger partial charge on any atom is 0.151 e. The number of benzene rings is 1. The van der Waals surface area contributed by atoms with Crippen molar-refractivity contribution >= 4 is 27.7 Å². The van der Waals surface area contributed by atoms with E-state index in [9.17, 15) is 9.18 Å². The molecule has 0 aliphatic rings. The third-order valence-electron chi connectivity index (χ3n) is 2.07. The van der Waals surface area contributed by atoms with Crippen LogP contribution >= 0.6 is 11.3 Å². The maximum absolute atomic E-state index is 13.4. The Labute approximate surface area is 83.6 Å². The lowest BCUT2D eigenvalue weighted by atomic mass is 10.1. The first-order valence-electron chi connectivity index (χ1n) is 4.02. The number of hydrogen-bond acceptors (Lipinski definition) is 3. The summed E-state index contributed by atoms with van der Waals surface area (Å²) < 4.78 is 14.0. The summed E-state index contributed by atoms with van der Waals surface area (Å²) in [5.41, 5.74) is 0.998. The van der Waals surface area contributed by atoms with Crippen LogP contribution in [0.5, 0.6) is 0 Å². The minimum atomic E-state index is -0.393. The molecule has 0 aliphatic carbocycles. The number of thiophene rings is 1. The summed E-state index contributed by atoms with van der Waals surface area (Å²) in [5, 5.41) is 11.0. The highest BCUT2D eigenvalue weighted by Crippen LogP contribution is 2.30. The minimum Gasteiger partial charge on any atom is -0.392 e.